The molecule has 0 radical (unpaired) electrons. The maximum atomic E-state index is 13.0. The molecule has 178 valence electrons. The first-order valence-corrected chi connectivity index (χ1v) is 12.8. The van der Waals surface area contributed by atoms with Gasteiger partial charge in [0, 0.05) is 0 Å². The van der Waals surface area contributed by atoms with E-state index in [0.717, 1.165) is 37.0 Å². The predicted octanol–water partition coefficient (Wildman–Crippen LogP) is 7.63. The summed E-state index contributed by atoms with van der Waals surface area (Å²) in [4.78, 5) is 13.0. The Bertz CT molecular complexity index is 727. The van der Waals surface area contributed by atoms with Gasteiger partial charge in [-0.2, -0.15) is 8.78 Å². The normalized spacial score (nSPS) is 32.9. The molecule has 1 aromatic carbocycles. The van der Waals surface area contributed by atoms with Crippen molar-refractivity contribution in [1.29, 1.82) is 0 Å². The second-order valence-electron chi connectivity index (χ2n) is 10.4. The lowest BCUT2D eigenvalue weighted by Gasteiger charge is -2.46. The largest absolute Gasteiger partial charge is 0.435 e. The molecule has 3 aliphatic carbocycles. The number of alkyl halides is 2. The highest BCUT2D eigenvalue weighted by Gasteiger charge is 2.43. The first-order valence-electron chi connectivity index (χ1n) is 12.8. The number of hydrogen-bond donors (Lipinski definition) is 0. The van der Waals surface area contributed by atoms with E-state index in [1.165, 1.54) is 82.1 Å². The Balaban J connectivity index is 1.30. The van der Waals surface area contributed by atoms with Gasteiger partial charge in [-0.1, -0.05) is 45.4 Å². The molecule has 0 amide bonds. The summed E-state index contributed by atoms with van der Waals surface area (Å²) in [5.74, 6) is 4.06. The second kappa shape index (κ2) is 11.0. The van der Waals surface area contributed by atoms with E-state index in [1.54, 1.807) is 0 Å². The van der Waals surface area contributed by atoms with Crippen LogP contribution in [0.4, 0.5) is 8.78 Å². The SMILES string of the molecule is CCCC1CCC(C2CCC3C(CCCC3C(=O)Oc3ccc(OC(F)F)cc3)C2)CC1. The van der Waals surface area contributed by atoms with Crippen LogP contribution < -0.4 is 9.47 Å². The van der Waals surface area contributed by atoms with Gasteiger partial charge >= 0.3 is 12.6 Å². The van der Waals surface area contributed by atoms with Crippen molar-refractivity contribution >= 4 is 5.97 Å². The number of rotatable bonds is 7. The lowest BCUT2D eigenvalue weighted by atomic mass is 9.59. The fourth-order valence-corrected chi connectivity index (χ4v) is 6.96. The first kappa shape index (κ1) is 23.5. The van der Waals surface area contributed by atoms with E-state index < -0.39 is 6.61 Å². The van der Waals surface area contributed by atoms with Gasteiger partial charge in [-0.15, -0.1) is 0 Å². The van der Waals surface area contributed by atoms with Crippen LogP contribution >= 0.6 is 0 Å². The highest BCUT2D eigenvalue weighted by atomic mass is 19.3. The Hall–Kier alpha value is -1.65. The van der Waals surface area contributed by atoms with Gasteiger partial charge in [-0.25, -0.2) is 0 Å². The minimum Gasteiger partial charge on any atom is -0.435 e. The fraction of sp³-hybridized carbons (Fsp3) is 0.741. The van der Waals surface area contributed by atoms with Gasteiger partial charge in [0.1, 0.15) is 11.5 Å². The molecule has 3 saturated carbocycles. The smallest absolute Gasteiger partial charge is 0.387 e. The van der Waals surface area contributed by atoms with Crippen LogP contribution in [-0.2, 0) is 4.79 Å². The van der Waals surface area contributed by atoms with Crippen LogP contribution in [0.3, 0.4) is 0 Å². The molecule has 3 aliphatic rings. The third-order valence-electron chi connectivity index (χ3n) is 8.51. The molecule has 3 nitrogen and oxygen atoms in total. The van der Waals surface area contributed by atoms with E-state index in [1.807, 2.05) is 0 Å². The highest BCUT2D eigenvalue weighted by Crippen LogP contribution is 2.50. The van der Waals surface area contributed by atoms with Crippen molar-refractivity contribution in [2.24, 2.45) is 35.5 Å². The van der Waals surface area contributed by atoms with Gasteiger partial charge < -0.3 is 9.47 Å². The predicted molar refractivity (Wildman–Crippen MR) is 121 cm³/mol. The van der Waals surface area contributed by atoms with E-state index in [-0.39, 0.29) is 17.6 Å². The van der Waals surface area contributed by atoms with Crippen molar-refractivity contribution in [1.82, 2.24) is 0 Å². The summed E-state index contributed by atoms with van der Waals surface area (Å²) in [5, 5.41) is 0. The van der Waals surface area contributed by atoms with E-state index in [4.69, 9.17) is 4.74 Å². The summed E-state index contributed by atoms with van der Waals surface area (Å²) >= 11 is 0. The third kappa shape index (κ3) is 5.82. The zero-order chi connectivity index (χ0) is 22.5. The van der Waals surface area contributed by atoms with Crippen LogP contribution in [0.2, 0.25) is 0 Å². The van der Waals surface area contributed by atoms with Crippen LogP contribution in [0, 0.1) is 35.5 Å². The summed E-state index contributed by atoms with van der Waals surface area (Å²) in [6.07, 6.45) is 15.3. The maximum absolute atomic E-state index is 13.0. The number of hydrogen-bond acceptors (Lipinski definition) is 3. The standard InChI is InChI=1S/C27H38F2O3/c1-2-4-18-7-9-19(10-8-18)20-11-16-24-21(17-20)5-3-6-25(24)26(30)31-22-12-14-23(15-13-22)32-27(28)29/h12-15,18-21,24-25,27H,2-11,16-17H2,1H3. The molecule has 4 rings (SSSR count). The Morgan fingerprint density at radius 2 is 1.59 bits per heavy atom. The first-order chi connectivity index (χ1) is 15.5. The van der Waals surface area contributed by atoms with Crippen LogP contribution in [0.1, 0.15) is 84.0 Å². The molecule has 0 bridgehead atoms. The third-order valence-corrected chi connectivity index (χ3v) is 8.51. The van der Waals surface area contributed by atoms with E-state index in [2.05, 4.69) is 11.7 Å². The van der Waals surface area contributed by atoms with Crippen molar-refractivity contribution in [2.45, 2.75) is 90.6 Å². The molecule has 5 heteroatoms. The van der Waals surface area contributed by atoms with Crippen molar-refractivity contribution in [3.8, 4) is 11.5 Å². The Labute approximate surface area is 191 Å². The van der Waals surface area contributed by atoms with E-state index in [0.29, 0.717) is 17.6 Å². The summed E-state index contributed by atoms with van der Waals surface area (Å²) in [6, 6.07) is 5.89. The minimum absolute atomic E-state index is 0.0352. The zero-order valence-electron chi connectivity index (χ0n) is 19.3. The van der Waals surface area contributed by atoms with Crippen molar-refractivity contribution in [3.05, 3.63) is 24.3 Å². The molecule has 0 aliphatic heterocycles. The molecule has 32 heavy (non-hydrogen) atoms. The van der Waals surface area contributed by atoms with E-state index >= 15 is 0 Å². The molecule has 0 spiro atoms. The van der Waals surface area contributed by atoms with Gasteiger partial charge in [0.15, 0.2) is 0 Å². The number of carbonyl (C=O) groups excluding carboxylic acids is 1. The Morgan fingerprint density at radius 1 is 0.906 bits per heavy atom. The molecule has 0 N–H and O–H groups in total. The number of fused-ring (bicyclic) bond motifs is 1. The molecule has 0 heterocycles. The molecule has 0 aromatic heterocycles. The summed E-state index contributed by atoms with van der Waals surface area (Å²) < 4.78 is 34.7. The van der Waals surface area contributed by atoms with Crippen molar-refractivity contribution in [3.63, 3.8) is 0 Å². The molecule has 1 aromatic rings. The van der Waals surface area contributed by atoms with Crippen LogP contribution in [0.15, 0.2) is 24.3 Å². The number of halogens is 2. The summed E-state index contributed by atoms with van der Waals surface area (Å²) in [6.45, 7) is -0.557. The lowest BCUT2D eigenvalue weighted by Crippen LogP contribution is -2.40. The Morgan fingerprint density at radius 3 is 2.28 bits per heavy atom. The second-order valence-corrected chi connectivity index (χ2v) is 10.4. The van der Waals surface area contributed by atoms with Gasteiger partial charge in [-0.05, 0) is 92.4 Å². The number of benzene rings is 1. The average Bonchev–Trinajstić information content (AvgIpc) is 2.80. The monoisotopic (exact) mass is 448 g/mol. The van der Waals surface area contributed by atoms with Gasteiger partial charge in [0.05, 0.1) is 5.92 Å². The number of esters is 1. The number of ether oxygens (including phenoxy) is 2. The topological polar surface area (TPSA) is 35.5 Å². The summed E-state index contributed by atoms with van der Waals surface area (Å²) in [5.41, 5.74) is 0. The minimum atomic E-state index is -2.86. The molecule has 4 atom stereocenters. The Kier molecular flexibility index (Phi) is 8.07. The molecular formula is C27H38F2O3. The highest BCUT2D eigenvalue weighted by molar-refractivity contribution is 5.75. The van der Waals surface area contributed by atoms with Gasteiger partial charge in [0.25, 0.3) is 0 Å². The van der Waals surface area contributed by atoms with Crippen molar-refractivity contribution < 1.29 is 23.0 Å². The lowest BCUT2D eigenvalue weighted by molar-refractivity contribution is -0.144. The van der Waals surface area contributed by atoms with Crippen molar-refractivity contribution in [2.75, 3.05) is 0 Å². The molecule has 0 saturated heterocycles. The maximum Gasteiger partial charge on any atom is 0.387 e. The van der Waals surface area contributed by atoms with Crippen LogP contribution in [0.5, 0.6) is 11.5 Å². The molecule has 4 unspecified atom stereocenters. The van der Waals surface area contributed by atoms with Crippen LogP contribution in [-0.4, -0.2) is 12.6 Å². The zero-order valence-corrected chi connectivity index (χ0v) is 19.3. The van der Waals surface area contributed by atoms with E-state index in [9.17, 15) is 13.6 Å². The molecule has 3 fully saturated rings. The van der Waals surface area contributed by atoms with Gasteiger partial charge in [-0.3, -0.25) is 4.79 Å². The average molecular weight is 449 g/mol. The van der Waals surface area contributed by atoms with Gasteiger partial charge in [0.2, 0.25) is 0 Å². The fourth-order valence-electron chi connectivity index (χ4n) is 6.96. The van der Waals surface area contributed by atoms with Crippen LogP contribution in [0.25, 0.3) is 0 Å². The summed E-state index contributed by atoms with van der Waals surface area (Å²) in [7, 11) is 0. The number of carbonyl (C=O) groups is 1. The quantitative estimate of drug-likeness (QED) is 0.318. The molecular weight excluding hydrogens is 410 g/mol.